The molecule has 6 nitrogen and oxygen atoms in total. The van der Waals surface area contributed by atoms with Gasteiger partial charge in [-0.25, -0.2) is 4.90 Å². The summed E-state index contributed by atoms with van der Waals surface area (Å²) in [6, 6.07) is 18.8. The predicted molar refractivity (Wildman–Crippen MR) is 142 cm³/mol. The molecule has 2 fully saturated rings. The Balaban J connectivity index is 1.48. The van der Waals surface area contributed by atoms with Crippen LogP contribution in [0.5, 0.6) is 5.75 Å². The fraction of sp³-hybridized carbons (Fsp3) is 0.179. The van der Waals surface area contributed by atoms with E-state index in [1.165, 1.54) is 4.90 Å². The lowest BCUT2D eigenvalue weighted by Gasteiger charge is -2.35. The van der Waals surface area contributed by atoms with E-state index in [9.17, 15) is 14.4 Å². The molecule has 3 heterocycles. The highest BCUT2D eigenvalue weighted by atomic mass is 79.9. The third kappa shape index (κ3) is 3.38. The molecule has 0 N–H and O–H groups in total. The van der Waals surface area contributed by atoms with Crippen molar-refractivity contribution in [1.29, 1.82) is 0 Å². The molecule has 0 saturated carbocycles. The van der Waals surface area contributed by atoms with Gasteiger partial charge in [-0.1, -0.05) is 40.2 Å². The quantitative estimate of drug-likeness (QED) is 0.285. The first-order valence-electron chi connectivity index (χ1n) is 11.5. The van der Waals surface area contributed by atoms with Crippen LogP contribution >= 0.6 is 31.9 Å². The minimum atomic E-state index is -0.818. The second-order valence-corrected chi connectivity index (χ2v) is 10.8. The molecule has 2 amide bonds. The number of nitrogens with zero attached hydrogens (tertiary/aromatic N) is 2. The number of fused-ring (bicyclic) bond motifs is 5. The van der Waals surface area contributed by atoms with Gasteiger partial charge in [-0.15, -0.1) is 0 Å². The van der Waals surface area contributed by atoms with Gasteiger partial charge in [-0.2, -0.15) is 0 Å². The van der Waals surface area contributed by atoms with E-state index in [0.717, 1.165) is 15.6 Å². The van der Waals surface area contributed by atoms with Gasteiger partial charge in [0, 0.05) is 16.2 Å². The van der Waals surface area contributed by atoms with E-state index < -0.39 is 23.9 Å². The smallest absolute Gasteiger partial charge is 0.240 e. The summed E-state index contributed by atoms with van der Waals surface area (Å²) < 4.78 is 6.81. The maximum atomic E-state index is 14.0. The van der Waals surface area contributed by atoms with Crippen molar-refractivity contribution >= 4 is 61.2 Å². The van der Waals surface area contributed by atoms with Crippen LogP contribution in [-0.2, 0) is 9.59 Å². The first kappa shape index (κ1) is 23.2. The predicted octanol–water partition coefficient (Wildman–Crippen LogP) is 5.62. The Morgan fingerprint density at radius 2 is 1.64 bits per heavy atom. The van der Waals surface area contributed by atoms with E-state index in [0.29, 0.717) is 21.5 Å². The monoisotopic (exact) mass is 606 g/mol. The molecule has 0 aromatic heterocycles. The lowest BCUT2D eigenvalue weighted by atomic mass is 9.83. The summed E-state index contributed by atoms with van der Waals surface area (Å²) in [4.78, 5) is 45.0. The molecule has 0 unspecified atom stereocenters. The lowest BCUT2D eigenvalue weighted by Crippen LogP contribution is -2.44. The second kappa shape index (κ2) is 8.71. The van der Waals surface area contributed by atoms with Gasteiger partial charge in [-0.3, -0.25) is 14.4 Å². The summed E-state index contributed by atoms with van der Waals surface area (Å²) in [6.07, 6.45) is 3.80. The summed E-state index contributed by atoms with van der Waals surface area (Å²) >= 11 is 6.87. The SMILES string of the molecule is COc1ccc(C(=O)[C@@H]2[C@@H]3C(=O)N(c4ccc(Br)cc4)C(=O)[C@@H]3[C@H]3c4ccccc4C=CN23)cc1Br. The number of Topliss-reactive ketones (excluding diaryl/α,β-unsaturated/α-hetero) is 1. The van der Waals surface area contributed by atoms with Gasteiger partial charge >= 0.3 is 0 Å². The van der Waals surface area contributed by atoms with Gasteiger partial charge in [0.25, 0.3) is 0 Å². The molecule has 0 bridgehead atoms. The second-order valence-electron chi connectivity index (χ2n) is 9.03. The van der Waals surface area contributed by atoms with Gasteiger partial charge in [-0.05, 0) is 75.6 Å². The van der Waals surface area contributed by atoms with E-state index in [4.69, 9.17) is 4.74 Å². The molecular weight excluding hydrogens is 588 g/mol. The number of anilines is 1. The van der Waals surface area contributed by atoms with Crippen molar-refractivity contribution < 1.29 is 19.1 Å². The summed E-state index contributed by atoms with van der Waals surface area (Å²) in [6.45, 7) is 0. The van der Waals surface area contributed by atoms with E-state index >= 15 is 0 Å². The number of hydrogen-bond acceptors (Lipinski definition) is 5. The van der Waals surface area contributed by atoms with Crippen LogP contribution in [0.3, 0.4) is 0 Å². The molecule has 3 aliphatic rings. The minimum absolute atomic E-state index is 0.210. The number of ketones is 1. The van der Waals surface area contributed by atoms with Crippen molar-refractivity contribution in [2.24, 2.45) is 11.8 Å². The summed E-state index contributed by atoms with van der Waals surface area (Å²) in [5.74, 6) is -1.72. The molecule has 0 aliphatic carbocycles. The normalized spacial score (nSPS) is 24.0. The molecule has 3 aromatic rings. The number of benzene rings is 3. The third-order valence-corrected chi connectivity index (χ3v) is 8.40. The molecule has 3 aromatic carbocycles. The molecule has 4 atom stereocenters. The van der Waals surface area contributed by atoms with Crippen LogP contribution in [0, 0.1) is 11.8 Å². The molecule has 2 saturated heterocycles. The van der Waals surface area contributed by atoms with Crippen molar-refractivity contribution in [3.63, 3.8) is 0 Å². The van der Waals surface area contributed by atoms with Gasteiger partial charge in [0.1, 0.15) is 11.8 Å². The maximum absolute atomic E-state index is 14.0. The fourth-order valence-corrected chi connectivity index (χ4v) is 6.50. The first-order chi connectivity index (χ1) is 17.4. The Morgan fingerprint density at radius 1 is 0.917 bits per heavy atom. The number of halogens is 2. The zero-order valence-electron chi connectivity index (χ0n) is 19.1. The Labute approximate surface area is 224 Å². The third-order valence-electron chi connectivity index (χ3n) is 7.25. The van der Waals surface area contributed by atoms with Gasteiger partial charge in [0.05, 0.1) is 35.1 Å². The Kier molecular flexibility index (Phi) is 5.61. The topological polar surface area (TPSA) is 66.9 Å². The van der Waals surface area contributed by atoms with Crippen LogP contribution < -0.4 is 9.64 Å². The Bertz CT molecular complexity index is 1450. The average molecular weight is 608 g/mol. The highest BCUT2D eigenvalue weighted by molar-refractivity contribution is 9.10. The Hall–Kier alpha value is -3.23. The van der Waals surface area contributed by atoms with E-state index in [2.05, 4.69) is 31.9 Å². The van der Waals surface area contributed by atoms with Crippen LogP contribution in [0.1, 0.15) is 27.5 Å². The lowest BCUT2D eigenvalue weighted by molar-refractivity contribution is -0.123. The van der Waals surface area contributed by atoms with Crippen LogP contribution in [-0.4, -0.2) is 35.6 Å². The number of amides is 2. The minimum Gasteiger partial charge on any atom is -0.496 e. The van der Waals surface area contributed by atoms with E-state index in [-0.39, 0.29) is 17.6 Å². The molecular formula is C28H20Br2N2O4. The summed E-state index contributed by atoms with van der Waals surface area (Å²) in [7, 11) is 1.56. The Morgan fingerprint density at radius 3 is 2.36 bits per heavy atom. The molecule has 3 aliphatic heterocycles. The summed E-state index contributed by atoms with van der Waals surface area (Å²) in [5.41, 5.74) is 2.88. The van der Waals surface area contributed by atoms with Crippen LogP contribution in [0.25, 0.3) is 6.08 Å². The summed E-state index contributed by atoms with van der Waals surface area (Å²) in [5, 5.41) is 0. The van der Waals surface area contributed by atoms with Crippen molar-refractivity contribution in [1.82, 2.24) is 4.90 Å². The molecule has 36 heavy (non-hydrogen) atoms. The number of carbonyl (C=O) groups is 3. The van der Waals surface area contributed by atoms with E-state index in [1.54, 1.807) is 49.6 Å². The number of hydrogen-bond donors (Lipinski definition) is 0. The van der Waals surface area contributed by atoms with Gasteiger partial charge in [0.2, 0.25) is 11.8 Å². The highest BCUT2D eigenvalue weighted by Gasteiger charge is 2.64. The van der Waals surface area contributed by atoms with E-state index in [1.807, 2.05) is 41.4 Å². The van der Waals surface area contributed by atoms with Crippen molar-refractivity contribution in [3.05, 3.63) is 98.6 Å². The number of rotatable bonds is 4. The molecule has 8 heteroatoms. The van der Waals surface area contributed by atoms with Gasteiger partial charge in [0.15, 0.2) is 5.78 Å². The van der Waals surface area contributed by atoms with Crippen molar-refractivity contribution in [2.45, 2.75) is 12.1 Å². The van der Waals surface area contributed by atoms with Gasteiger partial charge < -0.3 is 9.64 Å². The average Bonchev–Trinajstić information content (AvgIpc) is 3.36. The van der Waals surface area contributed by atoms with Crippen LogP contribution in [0.4, 0.5) is 5.69 Å². The number of imide groups is 1. The van der Waals surface area contributed by atoms with Crippen LogP contribution in [0.2, 0.25) is 0 Å². The largest absolute Gasteiger partial charge is 0.496 e. The zero-order chi connectivity index (χ0) is 25.1. The zero-order valence-corrected chi connectivity index (χ0v) is 22.3. The van der Waals surface area contributed by atoms with Crippen LogP contribution in [0.15, 0.2) is 81.9 Å². The van der Waals surface area contributed by atoms with Crippen molar-refractivity contribution in [2.75, 3.05) is 12.0 Å². The molecule has 0 radical (unpaired) electrons. The maximum Gasteiger partial charge on any atom is 0.240 e. The standard InChI is InChI=1S/C28H20Br2N2O4/c1-36-21-11-6-16(14-20(21)30)26(33)25-23-22(24-19-5-3-2-4-15(19)12-13-31(24)25)27(34)32(28(23)35)18-9-7-17(29)8-10-18/h2-14,22-25H,1H3/t22-,23+,24+,25-/m0/s1. The number of methoxy groups -OCH3 is 1. The number of carbonyl (C=O) groups excluding carboxylic acids is 3. The highest BCUT2D eigenvalue weighted by Crippen LogP contribution is 2.53. The fourth-order valence-electron chi connectivity index (χ4n) is 5.69. The first-order valence-corrected chi connectivity index (χ1v) is 13.0. The van der Waals surface area contributed by atoms with Crippen molar-refractivity contribution in [3.8, 4) is 5.75 Å². The molecule has 180 valence electrons. The number of ether oxygens (including phenoxy) is 1. The molecule has 6 rings (SSSR count). The molecule has 0 spiro atoms.